The minimum absolute atomic E-state index is 0.247. The van der Waals surface area contributed by atoms with Gasteiger partial charge in [0.15, 0.2) is 0 Å². The van der Waals surface area contributed by atoms with E-state index in [1.165, 1.54) is 11.0 Å². The number of benzene rings is 2. The molecule has 0 saturated heterocycles. The molecule has 3 rings (SSSR count). The summed E-state index contributed by atoms with van der Waals surface area (Å²) >= 11 is 3.37. The first-order valence-corrected chi connectivity index (χ1v) is 8.86. The SMILES string of the molecule is C=C1C(C)=CC(c2ccccc2)=C(c2c(F)cccc2Br)N1CC(F)F. The van der Waals surface area contributed by atoms with E-state index in [1.807, 2.05) is 43.3 Å². The molecule has 0 N–H and O–H groups in total. The largest absolute Gasteiger partial charge is 0.335 e. The van der Waals surface area contributed by atoms with Crippen LogP contribution in [-0.4, -0.2) is 17.9 Å². The fourth-order valence-electron chi connectivity index (χ4n) is 3.03. The van der Waals surface area contributed by atoms with Gasteiger partial charge in [-0.2, -0.15) is 0 Å². The van der Waals surface area contributed by atoms with Crippen molar-refractivity contribution in [3.8, 4) is 0 Å². The average Bonchev–Trinajstić information content (AvgIpc) is 2.60. The second kappa shape index (κ2) is 7.54. The van der Waals surface area contributed by atoms with E-state index in [1.54, 1.807) is 12.1 Å². The number of hydrogen-bond donors (Lipinski definition) is 0. The summed E-state index contributed by atoms with van der Waals surface area (Å²) in [4.78, 5) is 1.41. The Hall–Kier alpha value is -2.27. The molecule has 0 aromatic heterocycles. The Balaban J connectivity index is 2.35. The Morgan fingerprint density at radius 1 is 1.08 bits per heavy atom. The molecule has 0 bridgehead atoms. The first-order chi connectivity index (χ1) is 12.4. The number of halogens is 4. The van der Waals surface area contributed by atoms with Gasteiger partial charge in [-0.1, -0.05) is 43.0 Å². The lowest BCUT2D eigenvalue weighted by molar-refractivity contribution is 0.123. The van der Waals surface area contributed by atoms with Crippen molar-refractivity contribution in [3.05, 3.63) is 93.9 Å². The maximum Gasteiger partial charge on any atom is 0.256 e. The Morgan fingerprint density at radius 2 is 1.77 bits per heavy atom. The van der Waals surface area contributed by atoms with Gasteiger partial charge >= 0.3 is 0 Å². The van der Waals surface area contributed by atoms with Gasteiger partial charge in [0.05, 0.1) is 12.2 Å². The molecule has 5 heteroatoms. The molecule has 2 aromatic rings. The molecular formula is C21H17BrF3N. The molecule has 2 aromatic carbocycles. The Labute approximate surface area is 159 Å². The van der Waals surface area contributed by atoms with E-state index >= 15 is 0 Å². The maximum absolute atomic E-state index is 14.7. The van der Waals surface area contributed by atoms with Gasteiger partial charge in [-0.25, -0.2) is 13.2 Å². The topological polar surface area (TPSA) is 3.24 Å². The summed E-state index contributed by atoms with van der Waals surface area (Å²) < 4.78 is 41.8. The number of hydrogen-bond acceptors (Lipinski definition) is 1. The van der Waals surface area contributed by atoms with Crippen molar-refractivity contribution in [1.29, 1.82) is 0 Å². The molecular weight excluding hydrogens is 403 g/mol. The number of alkyl halides is 2. The predicted octanol–water partition coefficient (Wildman–Crippen LogP) is 6.50. The van der Waals surface area contributed by atoms with Crippen LogP contribution >= 0.6 is 15.9 Å². The molecule has 0 aliphatic carbocycles. The van der Waals surface area contributed by atoms with Crippen LogP contribution in [-0.2, 0) is 0 Å². The molecule has 0 spiro atoms. The van der Waals surface area contributed by atoms with Crippen LogP contribution in [0.4, 0.5) is 13.2 Å². The van der Waals surface area contributed by atoms with Gasteiger partial charge in [-0.3, -0.25) is 0 Å². The zero-order chi connectivity index (χ0) is 18.8. The molecule has 1 aliphatic rings. The van der Waals surface area contributed by atoms with Crippen LogP contribution in [0, 0.1) is 5.82 Å². The highest BCUT2D eigenvalue weighted by Crippen LogP contribution is 2.42. The van der Waals surface area contributed by atoms with Crippen LogP contribution in [0.2, 0.25) is 0 Å². The minimum atomic E-state index is -2.59. The van der Waals surface area contributed by atoms with Crippen molar-refractivity contribution in [1.82, 2.24) is 4.90 Å². The molecule has 0 unspecified atom stereocenters. The van der Waals surface area contributed by atoms with E-state index in [9.17, 15) is 13.2 Å². The monoisotopic (exact) mass is 419 g/mol. The van der Waals surface area contributed by atoms with Crippen LogP contribution < -0.4 is 0 Å². The molecule has 0 saturated carbocycles. The van der Waals surface area contributed by atoms with Gasteiger partial charge in [0.2, 0.25) is 0 Å². The molecule has 0 amide bonds. The maximum atomic E-state index is 14.7. The minimum Gasteiger partial charge on any atom is -0.335 e. The second-order valence-corrected chi connectivity index (χ2v) is 6.86. The van der Waals surface area contributed by atoms with Gasteiger partial charge < -0.3 is 4.90 Å². The van der Waals surface area contributed by atoms with Gasteiger partial charge in [0.1, 0.15) is 5.82 Å². The summed E-state index contributed by atoms with van der Waals surface area (Å²) in [6.45, 7) is 5.20. The smallest absolute Gasteiger partial charge is 0.256 e. The molecule has 0 radical (unpaired) electrons. The van der Waals surface area contributed by atoms with Crippen molar-refractivity contribution >= 4 is 27.2 Å². The van der Waals surface area contributed by atoms with Crippen molar-refractivity contribution < 1.29 is 13.2 Å². The van der Waals surface area contributed by atoms with E-state index in [0.717, 1.165) is 11.1 Å². The Morgan fingerprint density at radius 3 is 2.38 bits per heavy atom. The molecule has 1 heterocycles. The fourth-order valence-corrected chi connectivity index (χ4v) is 3.56. The molecule has 26 heavy (non-hydrogen) atoms. The molecule has 1 nitrogen and oxygen atoms in total. The summed E-state index contributed by atoms with van der Waals surface area (Å²) in [7, 11) is 0. The quantitative estimate of drug-likeness (QED) is 0.546. The van der Waals surface area contributed by atoms with Crippen molar-refractivity contribution in [2.75, 3.05) is 6.54 Å². The van der Waals surface area contributed by atoms with Crippen molar-refractivity contribution in [2.24, 2.45) is 0 Å². The lowest BCUT2D eigenvalue weighted by Crippen LogP contribution is -2.30. The third kappa shape index (κ3) is 3.49. The summed E-state index contributed by atoms with van der Waals surface area (Å²) in [6, 6.07) is 13.9. The Bertz CT molecular complexity index is 880. The highest BCUT2D eigenvalue weighted by atomic mass is 79.9. The average molecular weight is 420 g/mol. The second-order valence-electron chi connectivity index (χ2n) is 6.00. The van der Waals surface area contributed by atoms with Gasteiger partial charge in [0.25, 0.3) is 6.43 Å². The van der Waals surface area contributed by atoms with Crippen LogP contribution in [0.5, 0.6) is 0 Å². The standard InChI is InChI=1S/C21H17BrF3N/c1-13-11-16(15-7-4-3-5-8-15)21(26(14(13)2)12-19(24)25)20-17(22)9-6-10-18(20)23/h3-11,19H,2,12H2,1H3. The van der Waals surface area contributed by atoms with E-state index < -0.39 is 18.8 Å². The number of nitrogens with zero attached hydrogens (tertiary/aromatic N) is 1. The van der Waals surface area contributed by atoms with E-state index in [2.05, 4.69) is 22.5 Å². The first-order valence-electron chi connectivity index (χ1n) is 8.07. The van der Waals surface area contributed by atoms with Crippen molar-refractivity contribution in [2.45, 2.75) is 13.3 Å². The number of allylic oxidation sites excluding steroid dienone is 3. The zero-order valence-electron chi connectivity index (χ0n) is 14.1. The molecule has 134 valence electrons. The highest BCUT2D eigenvalue weighted by molar-refractivity contribution is 9.10. The third-order valence-electron chi connectivity index (χ3n) is 4.27. The van der Waals surface area contributed by atoms with E-state index in [-0.39, 0.29) is 5.56 Å². The van der Waals surface area contributed by atoms with Crippen LogP contribution in [0.3, 0.4) is 0 Å². The predicted molar refractivity (Wildman–Crippen MR) is 103 cm³/mol. The third-order valence-corrected chi connectivity index (χ3v) is 4.93. The Kier molecular flexibility index (Phi) is 5.37. The van der Waals surface area contributed by atoms with Gasteiger partial charge in [0, 0.05) is 21.3 Å². The summed E-state index contributed by atoms with van der Waals surface area (Å²) in [5.41, 5.74) is 3.34. The zero-order valence-corrected chi connectivity index (χ0v) is 15.7. The lowest BCUT2D eigenvalue weighted by Gasteiger charge is -2.35. The molecule has 1 aliphatic heterocycles. The first kappa shape index (κ1) is 18.5. The highest BCUT2D eigenvalue weighted by Gasteiger charge is 2.29. The molecule has 0 atom stereocenters. The van der Waals surface area contributed by atoms with E-state index in [4.69, 9.17) is 0 Å². The number of rotatable bonds is 4. The van der Waals surface area contributed by atoms with E-state index in [0.29, 0.717) is 21.4 Å². The molecule has 0 fully saturated rings. The summed E-state index contributed by atoms with van der Waals surface area (Å²) in [5, 5.41) is 0. The van der Waals surface area contributed by atoms with Crippen LogP contribution in [0.25, 0.3) is 11.3 Å². The summed E-state index contributed by atoms with van der Waals surface area (Å²) in [6.07, 6.45) is -0.719. The van der Waals surface area contributed by atoms with Crippen LogP contribution in [0.15, 0.2) is 76.9 Å². The normalized spacial score (nSPS) is 14.9. The lowest BCUT2D eigenvalue weighted by atomic mass is 9.92. The van der Waals surface area contributed by atoms with Gasteiger partial charge in [-0.15, -0.1) is 0 Å². The van der Waals surface area contributed by atoms with Crippen molar-refractivity contribution in [3.63, 3.8) is 0 Å². The van der Waals surface area contributed by atoms with Crippen LogP contribution in [0.1, 0.15) is 18.1 Å². The fraction of sp³-hybridized carbons (Fsp3) is 0.143. The summed E-state index contributed by atoms with van der Waals surface area (Å²) in [5.74, 6) is -0.483. The van der Waals surface area contributed by atoms with Gasteiger partial charge in [-0.05, 0) is 52.2 Å².